The molecule has 0 heterocycles. The summed E-state index contributed by atoms with van der Waals surface area (Å²) < 4.78 is 0. The van der Waals surface area contributed by atoms with E-state index in [1.54, 1.807) is 0 Å². The minimum Gasteiger partial charge on any atom is -0.393 e. The molecule has 0 saturated heterocycles. The molecular formula is C30H46O7. The van der Waals surface area contributed by atoms with Gasteiger partial charge in [-0.3, -0.25) is 9.59 Å². The van der Waals surface area contributed by atoms with Gasteiger partial charge in [0.2, 0.25) is 0 Å². The first kappa shape index (κ1) is 28.6. The summed E-state index contributed by atoms with van der Waals surface area (Å²) >= 11 is 0. The van der Waals surface area contributed by atoms with Crippen molar-refractivity contribution in [3.8, 4) is 0 Å². The van der Waals surface area contributed by atoms with E-state index in [9.17, 15) is 35.1 Å². The van der Waals surface area contributed by atoms with E-state index in [2.05, 4.69) is 13.0 Å². The molecule has 0 amide bonds. The molecule has 0 bridgehead atoms. The molecule has 0 spiro atoms. The predicted octanol–water partition coefficient (Wildman–Crippen LogP) is 2.72. The largest absolute Gasteiger partial charge is 0.393 e. The number of Topliss-reactive ketones (excluding diaryl/α,β-unsaturated/α-hetero) is 1. The fraction of sp³-hybridized carbons (Fsp3) is 0.800. The van der Waals surface area contributed by atoms with Gasteiger partial charge in [-0.1, -0.05) is 52.3 Å². The van der Waals surface area contributed by atoms with Crippen molar-refractivity contribution in [3.63, 3.8) is 0 Å². The van der Waals surface area contributed by atoms with Crippen molar-refractivity contribution >= 4 is 11.6 Å². The summed E-state index contributed by atoms with van der Waals surface area (Å²) in [6.45, 7) is 14.3. The van der Waals surface area contributed by atoms with Crippen LogP contribution in [-0.2, 0) is 9.59 Å². The van der Waals surface area contributed by atoms with Crippen molar-refractivity contribution in [1.82, 2.24) is 0 Å². The summed E-state index contributed by atoms with van der Waals surface area (Å²) in [4.78, 5) is 27.4. The monoisotopic (exact) mass is 518 g/mol. The van der Waals surface area contributed by atoms with Gasteiger partial charge in [0.05, 0.1) is 23.9 Å². The Morgan fingerprint density at radius 2 is 1.59 bits per heavy atom. The van der Waals surface area contributed by atoms with Crippen LogP contribution in [-0.4, -0.2) is 66.6 Å². The number of hydrogen-bond donors (Lipinski definition) is 5. The second-order valence-electron chi connectivity index (χ2n) is 14.4. The quantitative estimate of drug-likeness (QED) is 0.285. The van der Waals surface area contributed by atoms with Gasteiger partial charge in [-0.05, 0) is 68.8 Å². The molecule has 4 aliphatic rings. The Morgan fingerprint density at radius 3 is 2.16 bits per heavy atom. The van der Waals surface area contributed by atoms with Crippen molar-refractivity contribution in [2.45, 2.75) is 111 Å². The van der Waals surface area contributed by atoms with Crippen LogP contribution in [0.15, 0.2) is 23.8 Å². The Labute approximate surface area is 220 Å². The van der Waals surface area contributed by atoms with Gasteiger partial charge in [-0.2, -0.15) is 0 Å². The molecule has 0 aromatic heterocycles. The fourth-order valence-corrected chi connectivity index (χ4v) is 9.15. The molecule has 10 atom stereocenters. The zero-order valence-corrected chi connectivity index (χ0v) is 23.6. The van der Waals surface area contributed by atoms with Crippen LogP contribution in [0.3, 0.4) is 0 Å². The first-order valence-electron chi connectivity index (χ1n) is 13.6. The van der Waals surface area contributed by atoms with Crippen molar-refractivity contribution in [2.75, 3.05) is 0 Å². The first-order valence-corrected chi connectivity index (χ1v) is 13.6. The fourth-order valence-electron chi connectivity index (χ4n) is 9.15. The summed E-state index contributed by atoms with van der Waals surface area (Å²) in [5.41, 5.74) is -5.07. The molecule has 7 heteroatoms. The number of rotatable bonds is 4. The van der Waals surface area contributed by atoms with E-state index in [1.165, 1.54) is 32.9 Å². The highest BCUT2D eigenvalue weighted by atomic mass is 16.3. The molecule has 3 fully saturated rings. The van der Waals surface area contributed by atoms with Crippen molar-refractivity contribution in [1.29, 1.82) is 0 Å². The highest BCUT2D eigenvalue weighted by Gasteiger charge is 2.74. The third-order valence-corrected chi connectivity index (χ3v) is 11.4. The van der Waals surface area contributed by atoms with E-state index in [4.69, 9.17) is 0 Å². The lowest BCUT2D eigenvalue weighted by Crippen LogP contribution is -2.65. The summed E-state index contributed by atoms with van der Waals surface area (Å²) in [5, 5.41) is 54.6. The van der Waals surface area contributed by atoms with E-state index >= 15 is 0 Å². The second kappa shape index (κ2) is 8.31. The molecule has 10 unspecified atom stereocenters. The third kappa shape index (κ3) is 3.79. The topological polar surface area (TPSA) is 135 Å². The number of carbonyl (C=O) groups excluding carboxylic acids is 2. The highest BCUT2D eigenvalue weighted by molar-refractivity contribution is 5.97. The van der Waals surface area contributed by atoms with Gasteiger partial charge in [0.1, 0.15) is 11.4 Å². The lowest BCUT2D eigenvalue weighted by molar-refractivity contribution is -0.186. The van der Waals surface area contributed by atoms with Crippen molar-refractivity contribution in [2.24, 2.45) is 39.4 Å². The Bertz CT molecular complexity index is 1050. The maximum Gasteiger partial charge on any atom is 0.187 e. The number of aliphatic hydroxyl groups excluding tert-OH is 3. The molecule has 4 aliphatic carbocycles. The Balaban J connectivity index is 1.79. The van der Waals surface area contributed by atoms with Gasteiger partial charge < -0.3 is 25.5 Å². The minimum absolute atomic E-state index is 0.0156. The molecule has 3 saturated carbocycles. The van der Waals surface area contributed by atoms with Crippen LogP contribution >= 0.6 is 0 Å². The minimum atomic E-state index is -1.94. The van der Waals surface area contributed by atoms with Gasteiger partial charge in [0, 0.05) is 23.2 Å². The number of hydrogen-bond acceptors (Lipinski definition) is 7. The van der Waals surface area contributed by atoms with Crippen LogP contribution in [0.4, 0.5) is 0 Å². The van der Waals surface area contributed by atoms with Crippen LogP contribution in [0.1, 0.15) is 81.1 Å². The van der Waals surface area contributed by atoms with Gasteiger partial charge in [0.25, 0.3) is 0 Å². The van der Waals surface area contributed by atoms with Crippen LogP contribution < -0.4 is 0 Å². The van der Waals surface area contributed by atoms with Gasteiger partial charge in [0.15, 0.2) is 5.78 Å². The van der Waals surface area contributed by atoms with Gasteiger partial charge in [-0.15, -0.1) is 0 Å². The average molecular weight is 519 g/mol. The van der Waals surface area contributed by atoms with Crippen molar-refractivity contribution in [3.05, 3.63) is 23.8 Å². The standard InChI is InChI=1S/C30H46O7/c1-25(2,36)12-11-21(33)30(8,37)23-19(32)14-27(5)20-10-9-16-17(13-18(31)24(35)26(16,3)4)29(20,7)22(34)15-28(23,27)6/h9,11-12,17-20,23-24,31-32,35-37H,10,13-15H2,1-8H3. The number of carbonyl (C=O) groups is 2. The van der Waals surface area contributed by atoms with Crippen LogP contribution in [0, 0.1) is 39.4 Å². The number of aliphatic hydroxyl groups is 5. The summed E-state index contributed by atoms with van der Waals surface area (Å²) in [7, 11) is 0. The van der Waals surface area contributed by atoms with E-state index in [1.807, 2.05) is 27.7 Å². The molecule has 0 aromatic rings. The van der Waals surface area contributed by atoms with Gasteiger partial charge >= 0.3 is 0 Å². The second-order valence-corrected chi connectivity index (χ2v) is 14.4. The Morgan fingerprint density at radius 1 is 1.00 bits per heavy atom. The maximum absolute atomic E-state index is 14.2. The SMILES string of the molecule is CC(C)(O)C=CC(=O)C(C)(O)C1C(O)CC2(C)C3CC=C4C(CC(O)C(O)C4(C)C)C3(C)C(=O)CC12C. The number of allylic oxidation sites excluding steroid dienone is 1. The average Bonchev–Trinajstić information content (AvgIpc) is 2.96. The molecule has 0 aromatic carbocycles. The first-order chi connectivity index (χ1) is 16.7. The molecule has 37 heavy (non-hydrogen) atoms. The van der Waals surface area contributed by atoms with Crippen molar-refractivity contribution < 1.29 is 35.1 Å². The molecular weight excluding hydrogens is 472 g/mol. The Hall–Kier alpha value is -1.38. The van der Waals surface area contributed by atoms with Crippen LogP contribution in [0.2, 0.25) is 0 Å². The third-order valence-electron chi connectivity index (χ3n) is 11.4. The molecule has 5 N–H and O–H groups in total. The molecule has 7 nitrogen and oxygen atoms in total. The number of fused-ring (bicyclic) bond motifs is 5. The van der Waals surface area contributed by atoms with E-state index in [0.717, 1.165) is 5.57 Å². The maximum atomic E-state index is 14.2. The molecule has 208 valence electrons. The normalized spacial score (nSPS) is 47.1. The van der Waals surface area contributed by atoms with Crippen LogP contribution in [0.25, 0.3) is 0 Å². The molecule has 0 aliphatic heterocycles. The highest BCUT2D eigenvalue weighted by Crippen LogP contribution is 2.74. The molecule has 4 rings (SSSR count). The van der Waals surface area contributed by atoms with Crippen LogP contribution in [0.5, 0.6) is 0 Å². The number of ketones is 2. The smallest absolute Gasteiger partial charge is 0.187 e. The van der Waals surface area contributed by atoms with E-state index < -0.39 is 62.9 Å². The zero-order valence-electron chi connectivity index (χ0n) is 23.6. The van der Waals surface area contributed by atoms with E-state index in [0.29, 0.717) is 19.3 Å². The zero-order chi connectivity index (χ0) is 28.1. The lowest BCUT2D eigenvalue weighted by atomic mass is 9.38. The summed E-state index contributed by atoms with van der Waals surface area (Å²) in [6.07, 6.45) is 3.10. The van der Waals surface area contributed by atoms with Gasteiger partial charge in [-0.25, -0.2) is 0 Å². The van der Waals surface area contributed by atoms with E-state index in [-0.39, 0.29) is 24.0 Å². The lowest BCUT2D eigenvalue weighted by Gasteiger charge is -2.65. The Kier molecular flexibility index (Phi) is 6.43. The summed E-state index contributed by atoms with van der Waals surface area (Å²) in [5.74, 6) is -1.88. The molecule has 0 radical (unpaired) electrons. The summed E-state index contributed by atoms with van der Waals surface area (Å²) in [6, 6.07) is 0. The predicted molar refractivity (Wildman–Crippen MR) is 139 cm³/mol.